The quantitative estimate of drug-likeness (QED) is 0.937. The Hall–Kier alpha value is -2.04. The van der Waals surface area contributed by atoms with Crippen LogP contribution in [-0.2, 0) is 6.54 Å². The van der Waals surface area contributed by atoms with Gasteiger partial charge in [0.1, 0.15) is 5.65 Å². The van der Waals surface area contributed by atoms with Gasteiger partial charge in [0, 0.05) is 37.4 Å². The van der Waals surface area contributed by atoms with E-state index in [1.54, 1.807) is 0 Å². The first-order valence-electron chi connectivity index (χ1n) is 8.12. The van der Waals surface area contributed by atoms with Crippen LogP contribution in [0.2, 0.25) is 0 Å². The molecule has 1 saturated heterocycles. The first kappa shape index (κ1) is 14.9. The second kappa shape index (κ2) is 6.38. The molecule has 0 atom stereocenters. The molecule has 1 aliphatic rings. The van der Waals surface area contributed by atoms with Crippen LogP contribution in [-0.4, -0.2) is 38.7 Å². The topological polar surface area (TPSA) is 58.4 Å². The number of rotatable bonds is 4. The van der Waals surface area contributed by atoms with Crippen molar-refractivity contribution < 1.29 is 9.90 Å². The zero-order valence-corrected chi connectivity index (χ0v) is 13.0. The maximum absolute atomic E-state index is 11.0. The summed E-state index contributed by atoms with van der Waals surface area (Å²) in [5.74, 6) is 0.435. The van der Waals surface area contributed by atoms with Crippen LogP contribution in [0.25, 0.3) is 11.0 Å². The van der Waals surface area contributed by atoms with E-state index in [1.165, 1.54) is 22.3 Å². The lowest BCUT2D eigenvalue weighted by Crippen LogP contribution is -2.36. The highest BCUT2D eigenvalue weighted by Crippen LogP contribution is 2.34. The lowest BCUT2D eigenvalue weighted by Gasteiger charge is -2.29. The summed E-state index contributed by atoms with van der Waals surface area (Å²) in [6.07, 6.45) is 7.40. The van der Waals surface area contributed by atoms with E-state index in [0.717, 1.165) is 31.5 Å². The molecule has 0 aliphatic carbocycles. The van der Waals surface area contributed by atoms with Crippen molar-refractivity contribution in [2.45, 2.75) is 45.1 Å². The van der Waals surface area contributed by atoms with E-state index in [0.29, 0.717) is 19.0 Å². The minimum Gasteiger partial charge on any atom is -0.465 e. The Morgan fingerprint density at radius 2 is 2.18 bits per heavy atom. The molecule has 2 aromatic heterocycles. The van der Waals surface area contributed by atoms with E-state index >= 15 is 0 Å². The summed E-state index contributed by atoms with van der Waals surface area (Å²) in [4.78, 5) is 17.1. The Balaban J connectivity index is 1.86. The molecule has 2 aromatic rings. The standard InChI is InChI=1S/C17H23N3O2/c1-2-3-9-20-12-15(14-5-4-8-18-16(14)20)13-6-10-19(11-7-13)17(21)22/h4-5,8,12-13H,2-3,6-7,9-11H2,1H3,(H,21,22). The van der Waals surface area contributed by atoms with Crippen LogP contribution >= 0.6 is 0 Å². The molecule has 3 heterocycles. The number of fused-ring (bicyclic) bond motifs is 1. The number of likely N-dealkylation sites (tertiary alicyclic amines) is 1. The largest absolute Gasteiger partial charge is 0.465 e. The van der Waals surface area contributed by atoms with Gasteiger partial charge in [-0.2, -0.15) is 0 Å². The van der Waals surface area contributed by atoms with E-state index in [2.05, 4.69) is 28.7 Å². The van der Waals surface area contributed by atoms with Gasteiger partial charge in [-0.15, -0.1) is 0 Å². The van der Waals surface area contributed by atoms with E-state index in [9.17, 15) is 4.79 Å². The summed E-state index contributed by atoms with van der Waals surface area (Å²) in [5.41, 5.74) is 2.40. The van der Waals surface area contributed by atoms with Crippen LogP contribution in [0.4, 0.5) is 4.79 Å². The molecule has 0 unspecified atom stereocenters. The van der Waals surface area contributed by atoms with Gasteiger partial charge < -0.3 is 14.6 Å². The first-order chi connectivity index (χ1) is 10.7. The average molecular weight is 301 g/mol. The number of aryl methyl sites for hydroxylation is 1. The van der Waals surface area contributed by atoms with Gasteiger partial charge in [-0.05, 0) is 42.9 Å². The predicted molar refractivity (Wildman–Crippen MR) is 86.2 cm³/mol. The van der Waals surface area contributed by atoms with Gasteiger partial charge in [0.25, 0.3) is 0 Å². The normalized spacial score (nSPS) is 16.3. The second-order valence-electron chi connectivity index (χ2n) is 6.05. The molecular weight excluding hydrogens is 278 g/mol. The van der Waals surface area contributed by atoms with Crippen LogP contribution in [0, 0.1) is 0 Å². The minimum absolute atomic E-state index is 0.435. The summed E-state index contributed by atoms with van der Waals surface area (Å²) in [6, 6.07) is 4.13. The van der Waals surface area contributed by atoms with Crippen LogP contribution in [0.15, 0.2) is 24.5 Å². The van der Waals surface area contributed by atoms with Crippen molar-refractivity contribution in [2.24, 2.45) is 0 Å². The van der Waals surface area contributed by atoms with Crippen molar-refractivity contribution in [3.63, 3.8) is 0 Å². The molecule has 0 saturated carbocycles. The molecular formula is C17H23N3O2. The molecule has 3 rings (SSSR count). The molecule has 118 valence electrons. The lowest BCUT2D eigenvalue weighted by molar-refractivity contribution is 0.132. The Kier molecular flexibility index (Phi) is 4.32. The summed E-state index contributed by atoms with van der Waals surface area (Å²) in [6.45, 7) is 4.45. The van der Waals surface area contributed by atoms with Crippen molar-refractivity contribution >= 4 is 17.1 Å². The van der Waals surface area contributed by atoms with Crippen LogP contribution < -0.4 is 0 Å². The van der Waals surface area contributed by atoms with Gasteiger partial charge in [0.2, 0.25) is 0 Å². The Bertz CT molecular complexity index is 657. The number of amides is 1. The fourth-order valence-corrected chi connectivity index (χ4v) is 3.36. The van der Waals surface area contributed by atoms with E-state index in [4.69, 9.17) is 5.11 Å². The smallest absolute Gasteiger partial charge is 0.407 e. The predicted octanol–water partition coefficient (Wildman–Crippen LogP) is 3.69. The van der Waals surface area contributed by atoms with Crippen molar-refractivity contribution in [3.8, 4) is 0 Å². The molecule has 0 bridgehead atoms. The highest BCUT2D eigenvalue weighted by molar-refractivity contribution is 5.81. The Labute approximate surface area is 130 Å². The van der Waals surface area contributed by atoms with Crippen LogP contribution in [0.3, 0.4) is 0 Å². The third-order valence-corrected chi connectivity index (χ3v) is 4.62. The number of carbonyl (C=O) groups is 1. The molecule has 1 amide bonds. The maximum Gasteiger partial charge on any atom is 0.407 e. The maximum atomic E-state index is 11.0. The molecule has 1 fully saturated rings. The third-order valence-electron chi connectivity index (χ3n) is 4.62. The van der Waals surface area contributed by atoms with Crippen molar-refractivity contribution in [1.29, 1.82) is 0 Å². The van der Waals surface area contributed by atoms with Crippen LogP contribution in [0.1, 0.15) is 44.1 Å². The van der Waals surface area contributed by atoms with E-state index in [-0.39, 0.29) is 0 Å². The molecule has 1 N–H and O–H groups in total. The molecule has 0 radical (unpaired) electrons. The SMILES string of the molecule is CCCCn1cc(C2CCN(C(=O)O)CC2)c2cccnc21. The second-order valence-corrected chi connectivity index (χ2v) is 6.05. The molecule has 22 heavy (non-hydrogen) atoms. The summed E-state index contributed by atoms with van der Waals surface area (Å²) in [7, 11) is 0. The van der Waals surface area contributed by atoms with Gasteiger partial charge in [0.15, 0.2) is 0 Å². The number of hydrogen-bond acceptors (Lipinski definition) is 2. The van der Waals surface area contributed by atoms with Gasteiger partial charge in [-0.25, -0.2) is 9.78 Å². The molecule has 5 heteroatoms. The third kappa shape index (κ3) is 2.80. The van der Waals surface area contributed by atoms with Crippen molar-refractivity contribution in [1.82, 2.24) is 14.5 Å². The Morgan fingerprint density at radius 3 is 2.86 bits per heavy atom. The summed E-state index contributed by atoms with van der Waals surface area (Å²) >= 11 is 0. The van der Waals surface area contributed by atoms with Gasteiger partial charge >= 0.3 is 6.09 Å². The monoisotopic (exact) mass is 301 g/mol. The number of piperidine rings is 1. The number of pyridine rings is 1. The summed E-state index contributed by atoms with van der Waals surface area (Å²) in [5, 5.41) is 10.3. The molecule has 0 spiro atoms. The van der Waals surface area contributed by atoms with E-state index in [1.807, 2.05) is 12.3 Å². The number of hydrogen-bond donors (Lipinski definition) is 1. The molecule has 5 nitrogen and oxygen atoms in total. The van der Waals surface area contributed by atoms with Gasteiger partial charge in [-0.1, -0.05) is 13.3 Å². The first-order valence-corrected chi connectivity index (χ1v) is 8.12. The van der Waals surface area contributed by atoms with E-state index < -0.39 is 6.09 Å². The number of unbranched alkanes of at least 4 members (excludes halogenated alkanes) is 1. The average Bonchev–Trinajstić information content (AvgIpc) is 2.92. The lowest BCUT2D eigenvalue weighted by atomic mass is 9.90. The highest BCUT2D eigenvalue weighted by atomic mass is 16.4. The fraction of sp³-hybridized carbons (Fsp3) is 0.529. The van der Waals surface area contributed by atoms with Crippen LogP contribution in [0.5, 0.6) is 0 Å². The zero-order chi connectivity index (χ0) is 15.5. The van der Waals surface area contributed by atoms with Gasteiger partial charge in [-0.3, -0.25) is 0 Å². The zero-order valence-electron chi connectivity index (χ0n) is 13.0. The Morgan fingerprint density at radius 1 is 1.41 bits per heavy atom. The van der Waals surface area contributed by atoms with Gasteiger partial charge in [0.05, 0.1) is 0 Å². The summed E-state index contributed by atoms with van der Waals surface area (Å²) < 4.78 is 2.26. The number of aromatic nitrogens is 2. The number of nitrogens with zero attached hydrogens (tertiary/aromatic N) is 3. The van der Waals surface area contributed by atoms with Crippen molar-refractivity contribution in [2.75, 3.05) is 13.1 Å². The minimum atomic E-state index is -0.800. The molecule has 1 aliphatic heterocycles. The highest BCUT2D eigenvalue weighted by Gasteiger charge is 2.25. The molecule has 0 aromatic carbocycles. The number of carboxylic acid groups (broad SMARTS) is 1. The van der Waals surface area contributed by atoms with Crippen molar-refractivity contribution in [3.05, 3.63) is 30.1 Å². The fourth-order valence-electron chi connectivity index (χ4n) is 3.36.